The van der Waals surface area contributed by atoms with E-state index in [1.807, 2.05) is 0 Å². The Morgan fingerprint density at radius 1 is 1.18 bits per heavy atom. The molecular formula is C21H40N2O3S2. The lowest BCUT2D eigenvalue weighted by molar-refractivity contribution is -0.138. The van der Waals surface area contributed by atoms with Gasteiger partial charge in [0.05, 0.1) is 5.25 Å². The molecule has 1 unspecified atom stereocenters. The second kappa shape index (κ2) is 12.8. The van der Waals surface area contributed by atoms with Gasteiger partial charge in [-0.25, -0.2) is 10.0 Å². The third-order valence-electron chi connectivity index (χ3n) is 4.78. The molecule has 0 bridgehead atoms. The number of nitrogens with zero attached hydrogens (tertiary/aromatic N) is 1. The van der Waals surface area contributed by atoms with Crippen molar-refractivity contribution >= 4 is 39.5 Å². The normalized spacial score (nSPS) is 18.2. The minimum atomic E-state index is -0.392. The number of hydrogen-bond acceptors (Lipinski definition) is 4. The molecule has 1 heterocycles. The summed E-state index contributed by atoms with van der Waals surface area (Å²) in [6.07, 6.45) is 13.3. The third kappa shape index (κ3) is 10.7. The van der Waals surface area contributed by atoms with Crippen LogP contribution in [0.25, 0.3) is 0 Å². The van der Waals surface area contributed by atoms with Gasteiger partial charge in [-0.2, -0.15) is 0 Å². The van der Waals surface area contributed by atoms with Crippen LogP contribution in [0.2, 0.25) is 0 Å². The lowest BCUT2D eigenvalue weighted by atomic mass is 10.1. The van der Waals surface area contributed by atoms with E-state index in [9.17, 15) is 14.4 Å². The molecule has 164 valence electrons. The second-order valence-corrected chi connectivity index (χ2v) is 14.8. The van der Waals surface area contributed by atoms with Crippen LogP contribution in [-0.2, 0) is 14.4 Å². The average molecular weight is 433 g/mol. The zero-order valence-electron chi connectivity index (χ0n) is 18.4. The van der Waals surface area contributed by atoms with Gasteiger partial charge in [-0.15, -0.1) is 11.8 Å². The van der Waals surface area contributed by atoms with Gasteiger partial charge in [0.15, 0.2) is 0 Å². The van der Waals surface area contributed by atoms with E-state index in [4.69, 9.17) is 0 Å². The number of thioether (sulfide) groups is 1. The fraction of sp³-hybridized carbons (Fsp3) is 0.857. The molecule has 0 aliphatic carbocycles. The zero-order chi connectivity index (χ0) is 21.2. The van der Waals surface area contributed by atoms with E-state index in [-0.39, 0.29) is 42.4 Å². The maximum Gasteiger partial charge on any atom is 0.242 e. The van der Waals surface area contributed by atoms with E-state index in [1.54, 1.807) is 11.8 Å². The highest BCUT2D eigenvalue weighted by Gasteiger charge is 2.38. The minimum absolute atomic E-state index is 0.0885. The predicted molar refractivity (Wildman–Crippen MR) is 123 cm³/mol. The Labute approximate surface area is 177 Å². The van der Waals surface area contributed by atoms with Gasteiger partial charge in [0.1, 0.15) is 0 Å². The molecule has 1 atom stereocenters. The fourth-order valence-corrected chi connectivity index (χ4v) is 5.29. The van der Waals surface area contributed by atoms with Crippen molar-refractivity contribution < 1.29 is 14.4 Å². The van der Waals surface area contributed by atoms with Crippen LogP contribution in [0.5, 0.6) is 0 Å². The van der Waals surface area contributed by atoms with Gasteiger partial charge < -0.3 is 5.32 Å². The standard InChI is InChI=1S/C21H40N2O3S2/c1-17(2)10-12-22-19(24)11-13-23-20(25)16-18(21(23)26)27-14-8-6-7-9-15-28(3,4)5/h17-18H,6-16H2,1-5H3,(H,22,24). The van der Waals surface area contributed by atoms with Crippen molar-refractivity contribution in [1.82, 2.24) is 10.2 Å². The molecule has 0 saturated carbocycles. The zero-order valence-corrected chi connectivity index (χ0v) is 20.1. The van der Waals surface area contributed by atoms with Crippen LogP contribution in [0, 0.1) is 5.92 Å². The molecule has 5 nitrogen and oxygen atoms in total. The Balaban J connectivity index is 2.19. The molecule has 3 amide bonds. The molecular weight excluding hydrogens is 392 g/mol. The highest BCUT2D eigenvalue weighted by atomic mass is 32.3. The summed E-state index contributed by atoms with van der Waals surface area (Å²) >= 11 is 1.61. The summed E-state index contributed by atoms with van der Waals surface area (Å²) in [5, 5.41) is 2.60. The first-order valence-electron chi connectivity index (χ1n) is 10.5. The molecule has 0 aromatic carbocycles. The highest BCUT2D eigenvalue weighted by molar-refractivity contribution is 8.32. The molecule has 1 rings (SSSR count). The average Bonchev–Trinajstić information content (AvgIpc) is 2.84. The molecule has 0 spiro atoms. The Bertz CT molecular complexity index is 518. The second-order valence-electron chi connectivity index (χ2n) is 8.94. The van der Waals surface area contributed by atoms with Crippen LogP contribution >= 0.6 is 21.8 Å². The molecule has 0 aromatic heterocycles. The van der Waals surface area contributed by atoms with E-state index < -0.39 is 10.0 Å². The van der Waals surface area contributed by atoms with E-state index in [1.165, 1.54) is 29.9 Å². The summed E-state index contributed by atoms with van der Waals surface area (Å²) in [4.78, 5) is 37.8. The van der Waals surface area contributed by atoms with E-state index in [0.29, 0.717) is 12.5 Å². The highest BCUT2D eigenvalue weighted by Crippen LogP contribution is 2.35. The van der Waals surface area contributed by atoms with Crippen molar-refractivity contribution in [2.45, 2.75) is 64.0 Å². The Hall–Kier alpha value is -0.690. The number of rotatable bonds is 14. The van der Waals surface area contributed by atoms with Gasteiger partial charge >= 0.3 is 0 Å². The smallest absolute Gasteiger partial charge is 0.242 e. The largest absolute Gasteiger partial charge is 0.356 e. The van der Waals surface area contributed by atoms with E-state index >= 15 is 0 Å². The Morgan fingerprint density at radius 2 is 1.86 bits per heavy atom. The van der Waals surface area contributed by atoms with Crippen molar-refractivity contribution in [1.29, 1.82) is 0 Å². The Morgan fingerprint density at radius 3 is 2.50 bits per heavy atom. The Kier molecular flexibility index (Phi) is 11.6. The summed E-state index contributed by atoms with van der Waals surface area (Å²) in [7, 11) is -0.392. The summed E-state index contributed by atoms with van der Waals surface area (Å²) in [6.45, 7) is 5.07. The first-order chi connectivity index (χ1) is 13.1. The molecule has 1 fully saturated rings. The van der Waals surface area contributed by atoms with Gasteiger partial charge in [0, 0.05) is 25.9 Å². The number of nitrogens with one attached hydrogen (secondary N) is 1. The number of unbranched alkanes of at least 4 members (excludes halogenated alkanes) is 3. The van der Waals surface area contributed by atoms with Crippen LogP contribution < -0.4 is 5.32 Å². The molecule has 0 aromatic rings. The lowest BCUT2D eigenvalue weighted by Gasteiger charge is -2.24. The maximum absolute atomic E-state index is 12.5. The molecule has 7 heteroatoms. The molecule has 1 aliphatic heterocycles. The summed E-state index contributed by atoms with van der Waals surface area (Å²) < 4.78 is 0. The van der Waals surface area contributed by atoms with Crippen molar-refractivity contribution in [2.24, 2.45) is 5.92 Å². The van der Waals surface area contributed by atoms with Crippen LogP contribution in [0.1, 0.15) is 58.8 Å². The topological polar surface area (TPSA) is 66.5 Å². The quantitative estimate of drug-likeness (QED) is 0.336. The van der Waals surface area contributed by atoms with Gasteiger partial charge in [0.25, 0.3) is 0 Å². The van der Waals surface area contributed by atoms with Gasteiger partial charge in [-0.05, 0) is 55.5 Å². The number of carbonyl (C=O) groups excluding carboxylic acids is 3. The predicted octanol–water partition coefficient (Wildman–Crippen LogP) is 3.65. The molecule has 0 radical (unpaired) electrons. The summed E-state index contributed by atoms with van der Waals surface area (Å²) in [5.74, 6) is 2.46. The monoisotopic (exact) mass is 432 g/mol. The van der Waals surface area contributed by atoms with E-state index in [0.717, 1.165) is 18.6 Å². The number of hydrogen-bond donors (Lipinski definition) is 1. The lowest BCUT2D eigenvalue weighted by Crippen LogP contribution is -2.35. The van der Waals surface area contributed by atoms with Gasteiger partial charge in [-0.1, -0.05) is 26.7 Å². The first-order valence-corrected chi connectivity index (χ1v) is 14.6. The van der Waals surface area contributed by atoms with Gasteiger partial charge in [0.2, 0.25) is 17.7 Å². The molecule has 1 aliphatic rings. The fourth-order valence-electron chi connectivity index (χ4n) is 3.04. The molecule has 1 N–H and O–H groups in total. The number of likely N-dealkylation sites (tertiary alicyclic amines) is 1. The van der Waals surface area contributed by atoms with Crippen molar-refractivity contribution in [3.63, 3.8) is 0 Å². The van der Waals surface area contributed by atoms with E-state index in [2.05, 4.69) is 37.9 Å². The number of carbonyl (C=O) groups is 3. The SMILES string of the molecule is CC(C)CCNC(=O)CCN1C(=O)CC(SCCCCCCS(C)(C)C)C1=O. The number of amides is 3. The van der Waals surface area contributed by atoms with Crippen LogP contribution in [0.4, 0.5) is 0 Å². The van der Waals surface area contributed by atoms with Crippen molar-refractivity contribution in [3.8, 4) is 0 Å². The van der Waals surface area contributed by atoms with Crippen LogP contribution in [0.3, 0.4) is 0 Å². The molecule has 1 saturated heterocycles. The van der Waals surface area contributed by atoms with Crippen molar-refractivity contribution in [2.75, 3.05) is 43.4 Å². The van der Waals surface area contributed by atoms with Crippen LogP contribution in [-0.4, -0.2) is 71.2 Å². The first kappa shape index (κ1) is 25.3. The third-order valence-corrected chi connectivity index (χ3v) is 7.59. The van der Waals surface area contributed by atoms with Gasteiger partial charge in [-0.3, -0.25) is 19.3 Å². The van der Waals surface area contributed by atoms with Crippen LogP contribution in [0.15, 0.2) is 0 Å². The maximum atomic E-state index is 12.5. The van der Waals surface area contributed by atoms with Crippen molar-refractivity contribution in [3.05, 3.63) is 0 Å². The summed E-state index contributed by atoms with van der Waals surface area (Å²) in [5.41, 5.74) is 0. The minimum Gasteiger partial charge on any atom is -0.356 e. The molecule has 28 heavy (non-hydrogen) atoms. The number of imide groups is 1. The summed E-state index contributed by atoms with van der Waals surface area (Å²) in [6, 6.07) is 0.